The molecule has 0 aliphatic carbocycles. The minimum atomic E-state index is -0.585. The molecule has 1 N–H and O–H groups in total. The Balaban J connectivity index is 1.62. The number of phenolic OH excluding ortho intramolecular Hbond substituents is 1. The number of aromatic nitrogens is 2. The van der Waals surface area contributed by atoms with Crippen LogP contribution in [0.4, 0.5) is 5.69 Å². The number of hydrogen-bond acceptors (Lipinski definition) is 7. The normalized spacial score (nSPS) is 10.5. The van der Waals surface area contributed by atoms with Crippen LogP contribution in [0.2, 0.25) is 0 Å². The Labute approximate surface area is 254 Å². The molecule has 8 nitrogen and oxygen atoms in total. The highest BCUT2D eigenvalue weighted by molar-refractivity contribution is 5.92. The topological polar surface area (TPSA) is 146 Å². The number of aromatic hydroxyl groups is 1. The lowest BCUT2D eigenvalue weighted by Gasteiger charge is -2.26. The van der Waals surface area contributed by atoms with E-state index in [0.29, 0.717) is 28.2 Å². The fourth-order valence-electron chi connectivity index (χ4n) is 5.21. The number of rotatable bonds is 5. The van der Waals surface area contributed by atoms with Gasteiger partial charge in [-0.2, -0.15) is 21.0 Å². The standard InChI is InChI=1S/C36H21N7O/c1-36(2,28-11-4-5-15-32(28)44)33-16-8-14-31(43-33)30-13-7-12-29(42-30)22-9-6-10-23(17-22)34-26(20-39)24(18-37)25(19-38)27(21-40)35(34)41-3/h4-17,44H,1-2H3. The first-order chi connectivity index (χ1) is 21.3. The summed E-state index contributed by atoms with van der Waals surface area (Å²) >= 11 is 0. The number of benzene rings is 3. The van der Waals surface area contributed by atoms with E-state index in [1.165, 1.54) is 0 Å². The summed E-state index contributed by atoms with van der Waals surface area (Å²) in [5.41, 5.74) is 2.91. The molecule has 0 aliphatic rings. The minimum Gasteiger partial charge on any atom is -0.508 e. The van der Waals surface area contributed by atoms with Gasteiger partial charge in [-0.3, -0.25) is 4.98 Å². The lowest BCUT2D eigenvalue weighted by Crippen LogP contribution is -2.21. The molecule has 2 heterocycles. The quantitative estimate of drug-likeness (QED) is 0.216. The van der Waals surface area contributed by atoms with Gasteiger partial charge in [-0.1, -0.05) is 62.4 Å². The number of hydrogen-bond donors (Lipinski definition) is 1. The molecule has 44 heavy (non-hydrogen) atoms. The van der Waals surface area contributed by atoms with Crippen LogP contribution in [0.1, 0.15) is 47.4 Å². The van der Waals surface area contributed by atoms with Crippen molar-refractivity contribution in [1.29, 1.82) is 21.0 Å². The first-order valence-corrected chi connectivity index (χ1v) is 13.3. The van der Waals surface area contributed by atoms with E-state index in [0.717, 1.165) is 11.3 Å². The molecule has 5 aromatic rings. The van der Waals surface area contributed by atoms with Crippen LogP contribution in [0.15, 0.2) is 84.9 Å². The summed E-state index contributed by atoms with van der Waals surface area (Å²) in [5, 5.41) is 49.6. The Morgan fingerprint density at radius 3 is 1.89 bits per heavy atom. The van der Waals surface area contributed by atoms with Crippen molar-refractivity contribution in [3.05, 3.63) is 130 Å². The molecule has 206 valence electrons. The highest BCUT2D eigenvalue weighted by Crippen LogP contribution is 2.42. The van der Waals surface area contributed by atoms with Crippen molar-refractivity contribution in [3.63, 3.8) is 0 Å². The highest BCUT2D eigenvalue weighted by atomic mass is 16.3. The van der Waals surface area contributed by atoms with E-state index in [9.17, 15) is 26.2 Å². The molecule has 0 amide bonds. The number of phenols is 1. The number of nitriles is 4. The molecule has 8 heteroatoms. The van der Waals surface area contributed by atoms with Crippen LogP contribution in [0.25, 0.3) is 38.6 Å². The zero-order valence-electron chi connectivity index (χ0n) is 23.7. The van der Waals surface area contributed by atoms with Crippen molar-refractivity contribution in [2.75, 3.05) is 0 Å². The fourth-order valence-corrected chi connectivity index (χ4v) is 5.21. The third-order valence-electron chi connectivity index (χ3n) is 7.46. The molecule has 0 saturated heterocycles. The van der Waals surface area contributed by atoms with Gasteiger partial charge in [0.2, 0.25) is 5.69 Å². The van der Waals surface area contributed by atoms with E-state index < -0.39 is 5.41 Å². The van der Waals surface area contributed by atoms with Gasteiger partial charge in [-0.15, -0.1) is 0 Å². The molecule has 0 bridgehead atoms. The predicted molar refractivity (Wildman–Crippen MR) is 164 cm³/mol. The molecule has 0 spiro atoms. The maximum Gasteiger partial charge on any atom is 0.215 e. The molecule has 0 radical (unpaired) electrons. The molecule has 2 aromatic heterocycles. The number of para-hydroxylation sites is 1. The molecule has 3 aromatic carbocycles. The highest BCUT2D eigenvalue weighted by Gasteiger charge is 2.28. The van der Waals surface area contributed by atoms with Gasteiger partial charge in [0.15, 0.2) is 0 Å². The van der Waals surface area contributed by atoms with Crippen LogP contribution in [0.3, 0.4) is 0 Å². The SMILES string of the molecule is [C-]#[N+]c1c(C#N)c(C#N)c(C#N)c(C#N)c1-c1cccc(-c2cccc(-c3cccc(C(C)(C)c4ccccc4O)n3)n2)c1. The second-order valence-electron chi connectivity index (χ2n) is 10.3. The molecule has 0 fully saturated rings. The monoisotopic (exact) mass is 567 g/mol. The van der Waals surface area contributed by atoms with Gasteiger partial charge in [-0.05, 0) is 42.0 Å². The predicted octanol–water partition coefficient (Wildman–Crippen LogP) is 7.55. The maximum atomic E-state index is 10.5. The Hall–Kier alpha value is -6.79. The molecular weight excluding hydrogens is 546 g/mol. The summed E-state index contributed by atoms with van der Waals surface area (Å²) in [7, 11) is 0. The van der Waals surface area contributed by atoms with Crippen molar-refractivity contribution in [1.82, 2.24) is 9.97 Å². The lowest BCUT2D eigenvalue weighted by molar-refractivity contribution is 0.451. The van der Waals surface area contributed by atoms with Crippen LogP contribution >= 0.6 is 0 Å². The fraction of sp³-hybridized carbons (Fsp3) is 0.0833. The van der Waals surface area contributed by atoms with Crippen LogP contribution in [-0.2, 0) is 5.41 Å². The van der Waals surface area contributed by atoms with Gasteiger partial charge in [0.05, 0.1) is 63.7 Å². The summed E-state index contributed by atoms with van der Waals surface area (Å²) < 4.78 is 0. The van der Waals surface area contributed by atoms with E-state index >= 15 is 0 Å². The molecule has 5 rings (SSSR count). The van der Waals surface area contributed by atoms with Crippen LogP contribution < -0.4 is 0 Å². The van der Waals surface area contributed by atoms with Crippen molar-refractivity contribution in [3.8, 4) is 63.8 Å². The zero-order chi connectivity index (χ0) is 31.4. The Morgan fingerprint density at radius 2 is 1.23 bits per heavy atom. The molecule has 0 saturated carbocycles. The van der Waals surface area contributed by atoms with Gasteiger partial charge in [0, 0.05) is 22.1 Å². The van der Waals surface area contributed by atoms with E-state index in [-0.39, 0.29) is 39.3 Å². The third-order valence-corrected chi connectivity index (χ3v) is 7.46. The van der Waals surface area contributed by atoms with E-state index in [1.807, 2.05) is 92.7 Å². The maximum absolute atomic E-state index is 10.5. The average molecular weight is 568 g/mol. The van der Waals surface area contributed by atoms with E-state index in [2.05, 4.69) is 4.85 Å². The summed E-state index contributed by atoms with van der Waals surface area (Å²) in [6, 6.07) is 32.9. The lowest BCUT2D eigenvalue weighted by atomic mass is 9.80. The minimum absolute atomic E-state index is 0.119. The Kier molecular flexibility index (Phi) is 7.57. The molecule has 0 unspecified atom stereocenters. The first-order valence-electron chi connectivity index (χ1n) is 13.3. The third kappa shape index (κ3) is 4.85. The second-order valence-corrected chi connectivity index (χ2v) is 10.3. The van der Waals surface area contributed by atoms with Gasteiger partial charge in [-0.25, -0.2) is 9.83 Å². The summed E-state index contributed by atoms with van der Waals surface area (Å²) in [5.74, 6) is 0.191. The van der Waals surface area contributed by atoms with E-state index in [1.54, 1.807) is 30.3 Å². The summed E-state index contributed by atoms with van der Waals surface area (Å²) in [6.07, 6.45) is 0. The Bertz CT molecular complexity index is 2130. The van der Waals surface area contributed by atoms with Crippen molar-refractivity contribution < 1.29 is 5.11 Å². The van der Waals surface area contributed by atoms with Gasteiger partial charge < -0.3 is 5.11 Å². The zero-order valence-corrected chi connectivity index (χ0v) is 23.7. The summed E-state index contributed by atoms with van der Waals surface area (Å²) in [4.78, 5) is 13.3. The first kappa shape index (κ1) is 28.7. The molecule has 0 aliphatic heterocycles. The van der Waals surface area contributed by atoms with Crippen LogP contribution in [-0.4, -0.2) is 15.1 Å². The number of pyridine rings is 2. The smallest absolute Gasteiger partial charge is 0.215 e. The van der Waals surface area contributed by atoms with Crippen molar-refractivity contribution >= 4 is 5.69 Å². The van der Waals surface area contributed by atoms with Crippen molar-refractivity contribution in [2.45, 2.75) is 19.3 Å². The van der Waals surface area contributed by atoms with Crippen LogP contribution in [0, 0.1) is 51.9 Å². The van der Waals surface area contributed by atoms with Crippen molar-refractivity contribution in [2.24, 2.45) is 0 Å². The van der Waals surface area contributed by atoms with Gasteiger partial charge in [0.25, 0.3) is 0 Å². The van der Waals surface area contributed by atoms with Gasteiger partial charge in [0.1, 0.15) is 17.9 Å². The Morgan fingerprint density at radius 1 is 0.659 bits per heavy atom. The van der Waals surface area contributed by atoms with Gasteiger partial charge >= 0.3 is 0 Å². The number of nitrogens with zero attached hydrogens (tertiary/aromatic N) is 7. The molecular formula is C36H21N7O. The average Bonchev–Trinajstić information content (AvgIpc) is 3.07. The largest absolute Gasteiger partial charge is 0.508 e. The summed E-state index contributed by atoms with van der Waals surface area (Å²) in [6.45, 7) is 11.7. The second kappa shape index (κ2) is 11.6. The molecule has 0 atom stereocenters. The van der Waals surface area contributed by atoms with E-state index in [4.69, 9.17) is 16.5 Å². The van der Waals surface area contributed by atoms with Crippen LogP contribution in [0.5, 0.6) is 5.75 Å².